The van der Waals surface area contributed by atoms with Gasteiger partial charge in [0.25, 0.3) is 0 Å². The number of halogens is 1. The van der Waals surface area contributed by atoms with Gasteiger partial charge in [0.05, 0.1) is 19.8 Å². The lowest BCUT2D eigenvalue weighted by molar-refractivity contribution is -0.115. The number of nitrogens with one attached hydrogen (secondary N) is 2. The molecule has 2 aromatic carbocycles. The van der Waals surface area contributed by atoms with Crippen molar-refractivity contribution in [3.8, 4) is 0 Å². The highest BCUT2D eigenvalue weighted by atomic mass is 35.5. The van der Waals surface area contributed by atoms with E-state index >= 15 is 0 Å². The van der Waals surface area contributed by atoms with Crippen LogP contribution in [0.1, 0.15) is 24.1 Å². The monoisotopic (exact) mass is 387 g/mol. The highest BCUT2D eigenvalue weighted by molar-refractivity contribution is 6.30. The van der Waals surface area contributed by atoms with Crippen LogP contribution in [0.5, 0.6) is 0 Å². The third kappa shape index (κ3) is 6.33. The molecule has 1 aliphatic heterocycles. The molecule has 1 saturated heterocycles. The third-order valence-corrected chi connectivity index (χ3v) is 4.94. The molecule has 0 saturated carbocycles. The van der Waals surface area contributed by atoms with Crippen LogP contribution in [0, 0.1) is 0 Å². The SMILES string of the molecule is C[C@@H](NCC(=O)Nc1ccc(CN2CCOCC2)cc1)c1ccc(Cl)cc1. The smallest absolute Gasteiger partial charge is 0.238 e. The molecule has 0 unspecified atom stereocenters. The molecule has 0 aromatic heterocycles. The average molecular weight is 388 g/mol. The molecule has 6 heteroatoms. The Morgan fingerprint density at radius 1 is 1.11 bits per heavy atom. The number of amides is 1. The molecule has 2 N–H and O–H groups in total. The number of carbonyl (C=O) groups excluding carboxylic acids is 1. The number of carbonyl (C=O) groups is 1. The van der Waals surface area contributed by atoms with Gasteiger partial charge in [-0.15, -0.1) is 0 Å². The summed E-state index contributed by atoms with van der Waals surface area (Å²) in [6, 6.07) is 15.7. The lowest BCUT2D eigenvalue weighted by atomic mass is 10.1. The van der Waals surface area contributed by atoms with Gasteiger partial charge >= 0.3 is 0 Å². The summed E-state index contributed by atoms with van der Waals surface area (Å²) in [6.45, 7) is 6.73. The predicted octanol–water partition coefficient (Wildman–Crippen LogP) is 3.46. The van der Waals surface area contributed by atoms with Crippen molar-refractivity contribution in [1.29, 1.82) is 0 Å². The highest BCUT2D eigenvalue weighted by Crippen LogP contribution is 2.16. The predicted molar refractivity (Wildman–Crippen MR) is 109 cm³/mol. The molecule has 1 amide bonds. The molecular formula is C21H26ClN3O2. The van der Waals surface area contributed by atoms with Crippen LogP contribution in [0.15, 0.2) is 48.5 Å². The van der Waals surface area contributed by atoms with Crippen LogP contribution in [0.3, 0.4) is 0 Å². The minimum atomic E-state index is -0.0586. The molecule has 1 heterocycles. The van der Waals surface area contributed by atoms with E-state index in [1.807, 2.05) is 43.3 Å². The summed E-state index contributed by atoms with van der Waals surface area (Å²) in [5, 5.41) is 6.87. The van der Waals surface area contributed by atoms with E-state index in [0.29, 0.717) is 5.02 Å². The fourth-order valence-electron chi connectivity index (χ4n) is 3.03. The van der Waals surface area contributed by atoms with Gasteiger partial charge in [-0.2, -0.15) is 0 Å². The van der Waals surface area contributed by atoms with Crippen molar-refractivity contribution in [2.75, 3.05) is 38.2 Å². The van der Waals surface area contributed by atoms with Crippen molar-refractivity contribution in [1.82, 2.24) is 10.2 Å². The zero-order valence-corrected chi connectivity index (χ0v) is 16.3. The normalized spacial score (nSPS) is 16.1. The van der Waals surface area contributed by atoms with Gasteiger partial charge in [-0.1, -0.05) is 35.9 Å². The minimum absolute atomic E-state index is 0.0586. The van der Waals surface area contributed by atoms with Crippen LogP contribution in [0.2, 0.25) is 5.02 Å². The van der Waals surface area contributed by atoms with Gasteiger partial charge < -0.3 is 15.4 Å². The quantitative estimate of drug-likeness (QED) is 0.763. The molecule has 0 radical (unpaired) electrons. The van der Waals surface area contributed by atoms with Crippen molar-refractivity contribution in [3.05, 3.63) is 64.7 Å². The van der Waals surface area contributed by atoms with E-state index < -0.39 is 0 Å². The van der Waals surface area contributed by atoms with E-state index in [2.05, 4.69) is 27.7 Å². The second kappa shape index (κ2) is 9.85. The molecule has 0 bridgehead atoms. The van der Waals surface area contributed by atoms with Gasteiger partial charge in [0.1, 0.15) is 0 Å². The second-order valence-electron chi connectivity index (χ2n) is 6.79. The van der Waals surface area contributed by atoms with Crippen LogP contribution in [0.25, 0.3) is 0 Å². The molecule has 0 spiro atoms. The van der Waals surface area contributed by atoms with Gasteiger partial charge in [0, 0.05) is 36.4 Å². The van der Waals surface area contributed by atoms with E-state index in [-0.39, 0.29) is 18.5 Å². The van der Waals surface area contributed by atoms with Gasteiger partial charge in [0.15, 0.2) is 0 Å². The average Bonchev–Trinajstić information content (AvgIpc) is 2.69. The zero-order chi connectivity index (χ0) is 19.1. The molecule has 1 fully saturated rings. The van der Waals surface area contributed by atoms with E-state index in [1.165, 1.54) is 5.56 Å². The fraction of sp³-hybridized carbons (Fsp3) is 0.381. The minimum Gasteiger partial charge on any atom is -0.379 e. The van der Waals surface area contributed by atoms with Crippen LogP contribution in [-0.2, 0) is 16.1 Å². The number of rotatable bonds is 7. The van der Waals surface area contributed by atoms with Crippen LogP contribution < -0.4 is 10.6 Å². The number of benzene rings is 2. The first kappa shape index (κ1) is 19.8. The summed E-state index contributed by atoms with van der Waals surface area (Å²) >= 11 is 5.91. The molecule has 27 heavy (non-hydrogen) atoms. The molecule has 1 aliphatic rings. The summed E-state index contributed by atoms with van der Waals surface area (Å²) in [6.07, 6.45) is 0. The van der Waals surface area contributed by atoms with Crippen molar-refractivity contribution >= 4 is 23.2 Å². The molecule has 5 nitrogen and oxygen atoms in total. The molecular weight excluding hydrogens is 362 g/mol. The summed E-state index contributed by atoms with van der Waals surface area (Å²) < 4.78 is 5.37. The highest BCUT2D eigenvalue weighted by Gasteiger charge is 2.11. The Morgan fingerprint density at radius 3 is 2.44 bits per heavy atom. The maximum atomic E-state index is 12.2. The van der Waals surface area contributed by atoms with Crippen molar-refractivity contribution in [2.45, 2.75) is 19.5 Å². The first-order valence-electron chi connectivity index (χ1n) is 9.28. The summed E-state index contributed by atoms with van der Waals surface area (Å²) in [5.41, 5.74) is 3.15. The lowest BCUT2D eigenvalue weighted by Crippen LogP contribution is -2.35. The molecule has 2 aromatic rings. The molecule has 0 aliphatic carbocycles. The van der Waals surface area contributed by atoms with E-state index in [0.717, 1.165) is 44.1 Å². The summed E-state index contributed by atoms with van der Waals surface area (Å²) in [7, 11) is 0. The van der Waals surface area contributed by atoms with Crippen LogP contribution in [0.4, 0.5) is 5.69 Å². The van der Waals surface area contributed by atoms with E-state index in [9.17, 15) is 4.79 Å². The van der Waals surface area contributed by atoms with E-state index in [1.54, 1.807) is 0 Å². The fourth-order valence-corrected chi connectivity index (χ4v) is 3.16. The first-order valence-corrected chi connectivity index (χ1v) is 9.66. The number of anilines is 1. The van der Waals surface area contributed by atoms with Gasteiger partial charge in [0.2, 0.25) is 5.91 Å². The Morgan fingerprint density at radius 2 is 1.78 bits per heavy atom. The third-order valence-electron chi connectivity index (χ3n) is 4.69. The Kier molecular flexibility index (Phi) is 7.24. The second-order valence-corrected chi connectivity index (χ2v) is 7.22. The number of hydrogen-bond donors (Lipinski definition) is 2. The summed E-state index contributed by atoms with van der Waals surface area (Å²) in [5.74, 6) is -0.0586. The Hall–Kier alpha value is -1.92. The molecule has 1 atom stereocenters. The van der Waals surface area contributed by atoms with Gasteiger partial charge in [-0.3, -0.25) is 9.69 Å². The molecule has 144 valence electrons. The van der Waals surface area contributed by atoms with Crippen molar-refractivity contribution in [2.24, 2.45) is 0 Å². The Labute approximate surface area is 165 Å². The van der Waals surface area contributed by atoms with Crippen molar-refractivity contribution < 1.29 is 9.53 Å². The van der Waals surface area contributed by atoms with Crippen LogP contribution >= 0.6 is 11.6 Å². The molecule has 3 rings (SSSR count). The number of ether oxygens (including phenoxy) is 1. The standard InChI is InChI=1S/C21H26ClN3O2/c1-16(18-4-6-19(22)7-5-18)23-14-21(26)24-20-8-2-17(3-9-20)15-25-10-12-27-13-11-25/h2-9,16,23H,10-15H2,1H3,(H,24,26)/t16-/m1/s1. The number of hydrogen-bond acceptors (Lipinski definition) is 4. The first-order chi connectivity index (χ1) is 13.1. The number of nitrogens with zero attached hydrogens (tertiary/aromatic N) is 1. The van der Waals surface area contributed by atoms with Crippen LogP contribution in [-0.4, -0.2) is 43.7 Å². The van der Waals surface area contributed by atoms with Gasteiger partial charge in [-0.25, -0.2) is 0 Å². The lowest BCUT2D eigenvalue weighted by Gasteiger charge is -2.26. The Balaban J connectivity index is 1.44. The summed E-state index contributed by atoms with van der Waals surface area (Å²) in [4.78, 5) is 14.6. The van der Waals surface area contributed by atoms with Crippen molar-refractivity contribution in [3.63, 3.8) is 0 Å². The van der Waals surface area contributed by atoms with E-state index in [4.69, 9.17) is 16.3 Å². The maximum Gasteiger partial charge on any atom is 0.238 e. The maximum absolute atomic E-state index is 12.2. The largest absolute Gasteiger partial charge is 0.379 e. The Bertz CT molecular complexity index is 728. The number of morpholine rings is 1. The van der Waals surface area contributed by atoms with Gasteiger partial charge in [-0.05, 0) is 42.3 Å². The zero-order valence-electron chi connectivity index (χ0n) is 15.6. The topological polar surface area (TPSA) is 53.6 Å².